The largest absolute Gasteiger partial charge is 0.371 e. The molecular weight excluding hydrogens is 280 g/mol. The van der Waals surface area contributed by atoms with Crippen molar-refractivity contribution in [3.05, 3.63) is 39.9 Å². The minimum absolute atomic E-state index is 0. The van der Waals surface area contributed by atoms with Crippen LogP contribution in [0.15, 0.2) is 24.3 Å². The molecule has 2 rings (SSSR count). The molecule has 0 N–H and O–H groups in total. The van der Waals surface area contributed by atoms with E-state index in [0.717, 1.165) is 18.7 Å². The first kappa shape index (κ1) is 16.9. The van der Waals surface area contributed by atoms with E-state index < -0.39 is 0 Å². The van der Waals surface area contributed by atoms with Gasteiger partial charge >= 0.3 is 0 Å². The molecule has 0 bridgehead atoms. The second kappa shape index (κ2) is 6.52. The SMILES string of the molecule is CC(C)(C)N1CCOC(c2ccc([N+](=O)[O-])cc2)C1.Cl. The van der Waals surface area contributed by atoms with Gasteiger partial charge in [0.1, 0.15) is 0 Å². The van der Waals surface area contributed by atoms with Gasteiger partial charge in [-0.25, -0.2) is 0 Å². The Morgan fingerprint density at radius 3 is 2.40 bits per heavy atom. The summed E-state index contributed by atoms with van der Waals surface area (Å²) in [7, 11) is 0. The summed E-state index contributed by atoms with van der Waals surface area (Å²) in [4.78, 5) is 12.6. The summed E-state index contributed by atoms with van der Waals surface area (Å²) < 4.78 is 5.78. The van der Waals surface area contributed by atoms with Crippen molar-refractivity contribution in [2.75, 3.05) is 19.7 Å². The Hall–Kier alpha value is -1.17. The molecular formula is C14H21ClN2O3. The summed E-state index contributed by atoms with van der Waals surface area (Å²) in [6, 6.07) is 6.65. The van der Waals surface area contributed by atoms with Crippen molar-refractivity contribution in [1.29, 1.82) is 0 Å². The van der Waals surface area contributed by atoms with Crippen molar-refractivity contribution in [1.82, 2.24) is 4.90 Å². The van der Waals surface area contributed by atoms with Gasteiger partial charge in [0.15, 0.2) is 0 Å². The van der Waals surface area contributed by atoms with Crippen LogP contribution in [0.5, 0.6) is 0 Å². The number of non-ortho nitro benzene ring substituents is 1. The highest BCUT2D eigenvalue weighted by molar-refractivity contribution is 5.85. The zero-order chi connectivity index (χ0) is 14.0. The van der Waals surface area contributed by atoms with E-state index in [2.05, 4.69) is 25.7 Å². The second-order valence-electron chi connectivity index (χ2n) is 5.82. The average molecular weight is 301 g/mol. The van der Waals surface area contributed by atoms with Crippen LogP contribution < -0.4 is 0 Å². The van der Waals surface area contributed by atoms with Crippen LogP contribution in [0.1, 0.15) is 32.4 Å². The third kappa shape index (κ3) is 3.91. The van der Waals surface area contributed by atoms with Gasteiger partial charge in [0.05, 0.1) is 17.6 Å². The molecule has 1 atom stereocenters. The molecule has 1 heterocycles. The number of nitro benzene ring substituents is 1. The number of benzene rings is 1. The van der Waals surface area contributed by atoms with Crippen LogP contribution in [-0.2, 0) is 4.74 Å². The molecule has 1 aliphatic heterocycles. The highest BCUT2D eigenvalue weighted by Gasteiger charge is 2.29. The lowest BCUT2D eigenvalue weighted by molar-refractivity contribution is -0.384. The van der Waals surface area contributed by atoms with Crippen LogP contribution in [-0.4, -0.2) is 35.1 Å². The van der Waals surface area contributed by atoms with Crippen molar-refractivity contribution in [3.8, 4) is 0 Å². The number of morpholine rings is 1. The molecule has 1 aromatic carbocycles. The van der Waals surface area contributed by atoms with Crippen LogP contribution in [0.3, 0.4) is 0 Å². The summed E-state index contributed by atoms with van der Waals surface area (Å²) in [6.07, 6.45) is -0.00576. The molecule has 0 aromatic heterocycles. The van der Waals surface area contributed by atoms with E-state index in [4.69, 9.17) is 4.74 Å². The Morgan fingerprint density at radius 2 is 1.90 bits per heavy atom. The second-order valence-corrected chi connectivity index (χ2v) is 5.82. The number of halogens is 1. The smallest absolute Gasteiger partial charge is 0.269 e. The third-order valence-corrected chi connectivity index (χ3v) is 3.49. The molecule has 0 aliphatic carbocycles. The Morgan fingerprint density at radius 1 is 1.30 bits per heavy atom. The van der Waals surface area contributed by atoms with Crippen molar-refractivity contribution < 1.29 is 9.66 Å². The quantitative estimate of drug-likeness (QED) is 0.622. The molecule has 0 radical (unpaired) electrons. The molecule has 1 aliphatic rings. The zero-order valence-electron chi connectivity index (χ0n) is 12.0. The molecule has 0 amide bonds. The predicted molar refractivity (Wildman–Crippen MR) is 80.4 cm³/mol. The highest BCUT2D eigenvalue weighted by Crippen LogP contribution is 2.27. The maximum absolute atomic E-state index is 10.6. The maximum atomic E-state index is 10.6. The zero-order valence-corrected chi connectivity index (χ0v) is 12.9. The van der Waals surface area contributed by atoms with E-state index in [-0.39, 0.29) is 34.7 Å². The van der Waals surface area contributed by atoms with Gasteiger partial charge in [-0.15, -0.1) is 12.4 Å². The first-order valence-corrected chi connectivity index (χ1v) is 6.49. The summed E-state index contributed by atoms with van der Waals surface area (Å²) in [5.74, 6) is 0. The van der Waals surface area contributed by atoms with E-state index in [9.17, 15) is 10.1 Å². The van der Waals surface area contributed by atoms with Gasteiger partial charge in [0.2, 0.25) is 0 Å². The van der Waals surface area contributed by atoms with Crippen molar-refractivity contribution >= 4 is 18.1 Å². The van der Waals surface area contributed by atoms with E-state index in [0.29, 0.717) is 6.61 Å². The van der Waals surface area contributed by atoms with Crippen molar-refractivity contribution in [2.45, 2.75) is 32.4 Å². The number of nitrogens with zero attached hydrogens (tertiary/aromatic N) is 2. The number of rotatable bonds is 2. The summed E-state index contributed by atoms with van der Waals surface area (Å²) in [5.41, 5.74) is 1.23. The lowest BCUT2D eigenvalue weighted by Crippen LogP contribution is -2.48. The Balaban J connectivity index is 0.00000200. The molecule has 1 fully saturated rings. The molecule has 20 heavy (non-hydrogen) atoms. The van der Waals surface area contributed by atoms with Crippen LogP contribution in [0, 0.1) is 10.1 Å². The Kier molecular flexibility index (Phi) is 5.50. The molecule has 1 saturated heterocycles. The standard InChI is InChI=1S/C14H20N2O3.ClH/c1-14(2,3)15-8-9-19-13(10-15)11-4-6-12(7-5-11)16(17)18;/h4-7,13H,8-10H2,1-3H3;1H. The fourth-order valence-corrected chi connectivity index (χ4v) is 2.27. The number of ether oxygens (including phenoxy) is 1. The fraction of sp³-hybridized carbons (Fsp3) is 0.571. The lowest BCUT2D eigenvalue weighted by Gasteiger charge is -2.41. The van der Waals surface area contributed by atoms with E-state index in [1.807, 2.05) is 0 Å². The molecule has 112 valence electrons. The monoisotopic (exact) mass is 300 g/mol. The number of hydrogen-bond acceptors (Lipinski definition) is 4. The summed E-state index contributed by atoms with van der Waals surface area (Å²) in [6.45, 7) is 8.99. The number of nitro groups is 1. The first-order valence-electron chi connectivity index (χ1n) is 6.49. The number of hydrogen-bond donors (Lipinski definition) is 0. The van der Waals surface area contributed by atoms with Crippen LogP contribution in [0.25, 0.3) is 0 Å². The van der Waals surface area contributed by atoms with E-state index in [1.54, 1.807) is 12.1 Å². The molecule has 1 unspecified atom stereocenters. The minimum atomic E-state index is -0.382. The average Bonchev–Trinajstić information content (AvgIpc) is 2.38. The normalized spacial score (nSPS) is 20.2. The van der Waals surface area contributed by atoms with Crippen LogP contribution >= 0.6 is 12.4 Å². The minimum Gasteiger partial charge on any atom is -0.371 e. The van der Waals surface area contributed by atoms with Gasteiger partial charge in [-0.05, 0) is 38.5 Å². The van der Waals surface area contributed by atoms with Gasteiger partial charge < -0.3 is 4.74 Å². The Labute approximate surface area is 125 Å². The molecule has 1 aromatic rings. The Bertz CT molecular complexity index is 456. The summed E-state index contributed by atoms with van der Waals surface area (Å²) >= 11 is 0. The third-order valence-electron chi connectivity index (χ3n) is 3.49. The lowest BCUT2D eigenvalue weighted by atomic mass is 10.0. The topological polar surface area (TPSA) is 55.6 Å². The molecule has 6 heteroatoms. The maximum Gasteiger partial charge on any atom is 0.269 e. The van der Waals surface area contributed by atoms with Crippen LogP contribution in [0.4, 0.5) is 5.69 Å². The van der Waals surface area contributed by atoms with Gasteiger partial charge in [0, 0.05) is 30.8 Å². The van der Waals surface area contributed by atoms with Gasteiger partial charge in [-0.3, -0.25) is 15.0 Å². The molecule has 0 spiro atoms. The molecule has 5 nitrogen and oxygen atoms in total. The van der Waals surface area contributed by atoms with E-state index in [1.165, 1.54) is 12.1 Å². The first-order chi connectivity index (χ1) is 8.88. The van der Waals surface area contributed by atoms with Crippen molar-refractivity contribution in [3.63, 3.8) is 0 Å². The predicted octanol–water partition coefficient (Wildman–Crippen LogP) is 3.19. The highest BCUT2D eigenvalue weighted by atomic mass is 35.5. The fourth-order valence-electron chi connectivity index (χ4n) is 2.27. The van der Waals surface area contributed by atoms with Crippen molar-refractivity contribution in [2.24, 2.45) is 0 Å². The van der Waals surface area contributed by atoms with E-state index >= 15 is 0 Å². The molecule has 0 saturated carbocycles. The van der Waals surface area contributed by atoms with Gasteiger partial charge in [-0.2, -0.15) is 0 Å². The van der Waals surface area contributed by atoms with Gasteiger partial charge in [-0.1, -0.05) is 0 Å². The van der Waals surface area contributed by atoms with Gasteiger partial charge in [0.25, 0.3) is 5.69 Å². The summed E-state index contributed by atoms with van der Waals surface area (Å²) in [5, 5.41) is 10.6. The van der Waals surface area contributed by atoms with Crippen LogP contribution in [0.2, 0.25) is 0 Å².